The van der Waals surface area contributed by atoms with Gasteiger partial charge in [0, 0.05) is 62.7 Å². The average molecular weight is 399 g/mol. The number of imidazole rings is 1. The molecule has 7 nitrogen and oxygen atoms in total. The molecule has 2 aliphatic rings. The number of fused-ring (bicyclic) bond motifs is 5. The molecule has 30 heavy (non-hydrogen) atoms. The Morgan fingerprint density at radius 3 is 2.80 bits per heavy atom. The highest BCUT2D eigenvalue weighted by atomic mass is 16.5. The molecule has 0 saturated carbocycles. The summed E-state index contributed by atoms with van der Waals surface area (Å²) in [6, 6.07) is 11.8. The van der Waals surface area contributed by atoms with Gasteiger partial charge in [0.2, 0.25) is 0 Å². The summed E-state index contributed by atoms with van der Waals surface area (Å²) >= 11 is 0. The van der Waals surface area contributed by atoms with E-state index in [1.165, 1.54) is 0 Å². The first-order chi connectivity index (χ1) is 14.7. The molecule has 1 spiro atoms. The van der Waals surface area contributed by atoms with Crippen molar-refractivity contribution >= 4 is 11.6 Å². The van der Waals surface area contributed by atoms with Gasteiger partial charge in [-0.15, -0.1) is 0 Å². The molecule has 1 saturated heterocycles. The van der Waals surface area contributed by atoms with Crippen molar-refractivity contribution in [2.45, 2.75) is 18.4 Å². The van der Waals surface area contributed by atoms with Crippen molar-refractivity contribution in [1.29, 1.82) is 0 Å². The van der Waals surface area contributed by atoms with Gasteiger partial charge >= 0.3 is 0 Å². The zero-order valence-corrected chi connectivity index (χ0v) is 16.7. The van der Waals surface area contributed by atoms with E-state index in [0.29, 0.717) is 24.3 Å². The summed E-state index contributed by atoms with van der Waals surface area (Å²) in [6.07, 6.45) is 8.85. The molecule has 2 aliphatic heterocycles. The number of carbonyl (C=O) groups excluding carboxylic acids is 1. The number of rotatable bonds is 1. The zero-order chi connectivity index (χ0) is 20.3. The van der Waals surface area contributed by atoms with E-state index >= 15 is 0 Å². The van der Waals surface area contributed by atoms with E-state index in [1.54, 1.807) is 6.20 Å². The van der Waals surface area contributed by atoms with Crippen LogP contribution in [0, 0.1) is 0 Å². The van der Waals surface area contributed by atoms with Gasteiger partial charge in [-0.25, -0.2) is 4.98 Å². The fraction of sp³-hybridized carbons (Fsp3) is 0.261. The van der Waals surface area contributed by atoms with Gasteiger partial charge in [-0.1, -0.05) is 12.1 Å². The number of hydrogen-bond donors (Lipinski definition) is 0. The van der Waals surface area contributed by atoms with Crippen LogP contribution >= 0.6 is 0 Å². The molecule has 3 aromatic heterocycles. The second-order valence-electron chi connectivity index (χ2n) is 8.00. The molecule has 0 atom stereocenters. The largest absolute Gasteiger partial charge is 0.482 e. The van der Waals surface area contributed by atoms with Crippen molar-refractivity contribution in [1.82, 2.24) is 24.1 Å². The zero-order valence-electron chi connectivity index (χ0n) is 16.7. The number of amides is 1. The number of benzene rings is 1. The maximum Gasteiger partial charge on any atom is 0.257 e. The predicted molar refractivity (Wildman–Crippen MR) is 111 cm³/mol. The van der Waals surface area contributed by atoms with Crippen molar-refractivity contribution in [3.8, 4) is 17.0 Å². The van der Waals surface area contributed by atoms with Crippen LogP contribution in [0.1, 0.15) is 28.8 Å². The average Bonchev–Trinajstić information content (AvgIpc) is 3.41. The molecular formula is C23H21N5O2. The topological polar surface area (TPSA) is 64.7 Å². The molecule has 0 bridgehead atoms. The lowest BCUT2D eigenvalue weighted by Crippen LogP contribution is -2.49. The molecule has 0 radical (unpaired) electrons. The standard InChI is InChI=1S/C23H21N5O2/c1-26-20-16-5-2-3-7-19(16)30-23(18(20)15-25-26)8-12-28(13-9-23)22(29)17-6-4-11-27-14-10-24-21(17)27/h2-7,10-11,14-15H,8-9,12-13H2,1H3. The highest BCUT2D eigenvalue weighted by Gasteiger charge is 2.46. The van der Waals surface area contributed by atoms with Gasteiger partial charge in [0.25, 0.3) is 5.91 Å². The minimum Gasteiger partial charge on any atom is -0.482 e. The Bertz CT molecular complexity index is 1280. The molecule has 4 aromatic rings. The number of hydrogen-bond acceptors (Lipinski definition) is 4. The van der Waals surface area contributed by atoms with Crippen molar-refractivity contribution in [2.75, 3.05) is 13.1 Å². The number of carbonyl (C=O) groups is 1. The van der Waals surface area contributed by atoms with E-state index in [9.17, 15) is 4.79 Å². The highest BCUT2D eigenvalue weighted by molar-refractivity contribution is 5.99. The Hall–Kier alpha value is -3.61. The number of para-hydroxylation sites is 1. The van der Waals surface area contributed by atoms with Crippen LogP contribution in [0.25, 0.3) is 16.9 Å². The molecule has 1 amide bonds. The van der Waals surface area contributed by atoms with Gasteiger partial charge in [-0.3, -0.25) is 9.48 Å². The Balaban J connectivity index is 1.32. The summed E-state index contributed by atoms with van der Waals surface area (Å²) in [4.78, 5) is 19.5. The molecule has 1 aromatic carbocycles. The van der Waals surface area contributed by atoms with Crippen LogP contribution < -0.4 is 4.74 Å². The SMILES string of the molecule is Cn1ncc2c1-c1ccccc1OC21CCN(C(=O)c2cccn3ccnc23)CC1. The molecular weight excluding hydrogens is 378 g/mol. The lowest BCUT2D eigenvalue weighted by atomic mass is 9.81. The molecule has 0 N–H and O–H groups in total. The molecule has 7 heteroatoms. The molecule has 5 heterocycles. The first kappa shape index (κ1) is 17.3. The number of ether oxygens (including phenoxy) is 1. The summed E-state index contributed by atoms with van der Waals surface area (Å²) in [6.45, 7) is 1.24. The Morgan fingerprint density at radius 2 is 1.93 bits per heavy atom. The molecule has 150 valence electrons. The van der Waals surface area contributed by atoms with Gasteiger partial charge in [0.05, 0.1) is 17.5 Å². The lowest BCUT2D eigenvalue weighted by Gasteiger charge is -2.44. The third kappa shape index (κ3) is 2.35. The van der Waals surface area contributed by atoms with Crippen LogP contribution in [0.2, 0.25) is 0 Å². The van der Waals surface area contributed by atoms with Crippen molar-refractivity contribution in [2.24, 2.45) is 7.05 Å². The van der Waals surface area contributed by atoms with Crippen molar-refractivity contribution in [3.63, 3.8) is 0 Å². The van der Waals surface area contributed by atoms with Gasteiger partial charge in [0.1, 0.15) is 17.0 Å². The minimum absolute atomic E-state index is 0.0178. The number of likely N-dealkylation sites (tertiary alicyclic amines) is 1. The fourth-order valence-corrected chi connectivity index (χ4v) is 4.84. The number of pyridine rings is 1. The number of aryl methyl sites for hydroxylation is 1. The van der Waals surface area contributed by atoms with E-state index in [-0.39, 0.29) is 5.91 Å². The predicted octanol–water partition coefficient (Wildman–Crippen LogP) is 3.26. The van der Waals surface area contributed by atoms with Gasteiger partial charge in [-0.05, 0) is 24.3 Å². The summed E-state index contributed by atoms with van der Waals surface area (Å²) in [5.74, 6) is 0.903. The van der Waals surface area contributed by atoms with E-state index in [2.05, 4.69) is 16.1 Å². The van der Waals surface area contributed by atoms with Gasteiger partial charge in [-0.2, -0.15) is 5.10 Å². The van der Waals surface area contributed by atoms with Crippen LogP contribution in [-0.2, 0) is 12.6 Å². The first-order valence-electron chi connectivity index (χ1n) is 10.2. The second-order valence-corrected chi connectivity index (χ2v) is 8.00. The van der Waals surface area contributed by atoms with Gasteiger partial charge < -0.3 is 14.0 Å². The van der Waals surface area contributed by atoms with E-state index in [4.69, 9.17) is 4.74 Å². The number of aromatic nitrogens is 4. The van der Waals surface area contributed by atoms with Crippen LogP contribution in [0.4, 0.5) is 0 Å². The summed E-state index contributed by atoms with van der Waals surface area (Å²) in [5, 5.41) is 4.52. The molecule has 6 rings (SSSR count). The van der Waals surface area contributed by atoms with E-state index in [0.717, 1.165) is 35.4 Å². The fourth-order valence-electron chi connectivity index (χ4n) is 4.84. The van der Waals surface area contributed by atoms with Crippen LogP contribution in [0.5, 0.6) is 5.75 Å². The third-order valence-electron chi connectivity index (χ3n) is 6.38. The second kappa shape index (κ2) is 6.19. The number of piperidine rings is 1. The third-order valence-corrected chi connectivity index (χ3v) is 6.38. The van der Waals surface area contributed by atoms with Gasteiger partial charge in [0.15, 0.2) is 0 Å². The quantitative estimate of drug-likeness (QED) is 0.493. The summed E-state index contributed by atoms with van der Waals surface area (Å²) in [7, 11) is 1.97. The minimum atomic E-state index is -0.450. The maximum absolute atomic E-state index is 13.2. The molecule has 1 fully saturated rings. The monoisotopic (exact) mass is 399 g/mol. The first-order valence-corrected chi connectivity index (χ1v) is 10.2. The van der Waals surface area contributed by atoms with Crippen LogP contribution in [0.3, 0.4) is 0 Å². The van der Waals surface area contributed by atoms with Crippen molar-refractivity contribution in [3.05, 3.63) is 72.3 Å². The van der Waals surface area contributed by atoms with E-state index < -0.39 is 5.60 Å². The highest BCUT2D eigenvalue weighted by Crippen LogP contribution is 2.49. The number of nitrogens with zero attached hydrogens (tertiary/aromatic N) is 5. The maximum atomic E-state index is 13.2. The lowest BCUT2D eigenvalue weighted by molar-refractivity contribution is -0.00168. The Labute approximate surface area is 173 Å². The molecule has 0 aliphatic carbocycles. The van der Waals surface area contributed by atoms with Crippen LogP contribution in [0.15, 0.2) is 61.2 Å². The van der Waals surface area contributed by atoms with Crippen LogP contribution in [-0.4, -0.2) is 43.1 Å². The van der Waals surface area contributed by atoms with Crippen molar-refractivity contribution < 1.29 is 9.53 Å². The Morgan fingerprint density at radius 1 is 1.10 bits per heavy atom. The smallest absolute Gasteiger partial charge is 0.257 e. The summed E-state index contributed by atoms with van der Waals surface area (Å²) < 4.78 is 10.4. The normalized spacial score (nSPS) is 16.9. The van der Waals surface area contributed by atoms with E-state index in [1.807, 2.05) is 70.0 Å². The Kier molecular flexibility index (Phi) is 3.56. The summed E-state index contributed by atoms with van der Waals surface area (Å²) in [5.41, 5.74) is 4.18. The molecule has 0 unspecified atom stereocenters.